The van der Waals surface area contributed by atoms with Crippen molar-refractivity contribution in [3.8, 4) is 5.69 Å². The summed E-state index contributed by atoms with van der Waals surface area (Å²) in [5.41, 5.74) is 2.06. The number of nitrogens with zero attached hydrogens (tertiary/aromatic N) is 3. The minimum absolute atomic E-state index is 0.0439. The van der Waals surface area contributed by atoms with Crippen LogP contribution in [0.2, 0.25) is 5.02 Å². The Bertz CT molecular complexity index is 1180. The van der Waals surface area contributed by atoms with Gasteiger partial charge in [0.2, 0.25) is 5.91 Å². The van der Waals surface area contributed by atoms with Gasteiger partial charge in [0.15, 0.2) is 5.16 Å². The van der Waals surface area contributed by atoms with Gasteiger partial charge in [-0.15, -0.1) is 10.2 Å². The third kappa shape index (κ3) is 5.31. The van der Waals surface area contributed by atoms with E-state index in [-0.39, 0.29) is 17.3 Å². The molecule has 156 valence electrons. The molecule has 8 heteroatoms. The molecule has 1 heterocycles. The summed E-state index contributed by atoms with van der Waals surface area (Å²) in [4.78, 5) is 12.4. The number of carbonyl (C=O) groups excluding carboxylic acids is 1. The molecule has 3 aromatic carbocycles. The molecule has 31 heavy (non-hydrogen) atoms. The highest BCUT2D eigenvalue weighted by atomic mass is 35.5. The van der Waals surface area contributed by atoms with E-state index < -0.39 is 5.82 Å². The summed E-state index contributed by atoms with van der Waals surface area (Å²) in [7, 11) is 0. The van der Waals surface area contributed by atoms with Crippen LogP contribution in [0.4, 0.5) is 10.1 Å². The molecule has 0 unspecified atom stereocenters. The number of halogens is 2. The summed E-state index contributed by atoms with van der Waals surface area (Å²) in [6.07, 6.45) is 0.600. The van der Waals surface area contributed by atoms with Crippen molar-refractivity contribution in [2.45, 2.75) is 11.6 Å². The van der Waals surface area contributed by atoms with Crippen molar-refractivity contribution in [1.29, 1.82) is 0 Å². The number of nitrogens with one attached hydrogen (secondary N) is 1. The monoisotopic (exact) mass is 452 g/mol. The van der Waals surface area contributed by atoms with Crippen molar-refractivity contribution in [2.75, 3.05) is 11.1 Å². The molecule has 0 radical (unpaired) electrons. The van der Waals surface area contributed by atoms with Gasteiger partial charge in [0.05, 0.1) is 11.4 Å². The molecule has 0 spiro atoms. The predicted octanol–water partition coefficient (Wildman–Crippen LogP) is 5.38. The van der Waals surface area contributed by atoms with Crippen molar-refractivity contribution in [3.63, 3.8) is 0 Å². The predicted molar refractivity (Wildman–Crippen MR) is 121 cm³/mol. The first-order chi connectivity index (χ1) is 15.1. The van der Waals surface area contributed by atoms with E-state index in [4.69, 9.17) is 11.6 Å². The Balaban J connectivity index is 1.54. The summed E-state index contributed by atoms with van der Waals surface area (Å²) in [6, 6.07) is 23.7. The highest BCUT2D eigenvalue weighted by molar-refractivity contribution is 7.99. The Morgan fingerprint density at radius 1 is 1.00 bits per heavy atom. The molecule has 0 saturated heterocycles. The standard InChI is InChI=1S/C23H18ClFN4OS/c24-17-11-12-19(25)20(14-17)26-22(30)15-31-23-28-27-21(13-16-7-3-1-4-8-16)29(23)18-9-5-2-6-10-18/h1-12,14H,13,15H2,(H,26,30). The highest BCUT2D eigenvalue weighted by Gasteiger charge is 2.17. The Kier molecular flexibility index (Phi) is 6.64. The van der Waals surface area contributed by atoms with Crippen LogP contribution >= 0.6 is 23.4 Å². The summed E-state index contributed by atoms with van der Waals surface area (Å²) >= 11 is 7.12. The van der Waals surface area contributed by atoms with Crippen LogP contribution in [-0.4, -0.2) is 26.4 Å². The van der Waals surface area contributed by atoms with Gasteiger partial charge < -0.3 is 5.32 Å². The molecule has 1 aromatic heterocycles. The largest absolute Gasteiger partial charge is 0.323 e. The molecule has 0 fully saturated rings. The van der Waals surface area contributed by atoms with Crippen LogP contribution in [0, 0.1) is 5.82 Å². The Labute approximate surface area is 188 Å². The van der Waals surface area contributed by atoms with Gasteiger partial charge in [-0.2, -0.15) is 0 Å². The number of benzene rings is 3. The zero-order valence-electron chi connectivity index (χ0n) is 16.3. The average molecular weight is 453 g/mol. The number of para-hydroxylation sites is 1. The Morgan fingerprint density at radius 3 is 2.45 bits per heavy atom. The molecular formula is C23H18ClFN4OS. The van der Waals surface area contributed by atoms with E-state index in [1.54, 1.807) is 0 Å². The van der Waals surface area contributed by atoms with Gasteiger partial charge in [0.25, 0.3) is 0 Å². The van der Waals surface area contributed by atoms with Crippen molar-refractivity contribution in [1.82, 2.24) is 14.8 Å². The fraction of sp³-hybridized carbons (Fsp3) is 0.0870. The zero-order valence-corrected chi connectivity index (χ0v) is 17.9. The van der Waals surface area contributed by atoms with E-state index in [9.17, 15) is 9.18 Å². The lowest BCUT2D eigenvalue weighted by Gasteiger charge is -2.11. The lowest BCUT2D eigenvalue weighted by atomic mass is 10.1. The number of hydrogen-bond donors (Lipinski definition) is 1. The number of carbonyl (C=O) groups is 1. The molecule has 0 saturated carbocycles. The minimum Gasteiger partial charge on any atom is -0.323 e. The number of rotatable bonds is 7. The molecule has 4 rings (SSSR count). The minimum atomic E-state index is -0.541. The van der Waals surface area contributed by atoms with E-state index in [0.29, 0.717) is 16.6 Å². The fourth-order valence-corrected chi connectivity index (χ4v) is 3.98. The third-order valence-corrected chi connectivity index (χ3v) is 5.62. The summed E-state index contributed by atoms with van der Waals surface area (Å²) in [6.45, 7) is 0. The van der Waals surface area contributed by atoms with Crippen LogP contribution in [-0.2, 0) is 11.2 Å². The Morgan fingerprint density at radius 2 is 1.71 bits per heavy atom. The van der Waals surface area contributed by atoms with Crippen molar-refractivity contribution >= 4 is 35.0 Å². The van der Waals surface area contributed by atoms with Crippen molar-refractivity contribution in [3.05, 3.63) is 101 Å². The van der Waals surface area contributed by atoms with E-state index in [1.165, 1.54) is 30.0 Å². The Hall–Kier alpha value is -3.16. The van der Waals surface area contributed by atoms with Gasteiger partial charge in [-0.1, -0.05) is 71.9 Å². The molecule has 4 aromatic rings. The summed E-state index contributed by atoms with van der Waals surface area (Å²) < 4.78 is 15.8. The zero-order chi connectivity index (χ0) is 21.6. The number of thioether (sulfide) groups is 1. The second kappa shape index (κ2) is 9.76. The molecule has 0 bridgehead atoms. The molecule has 0 aliphatic carbocycles. The molecule has 5 nitrogen and oxygen atoms in total. The van der Waals surface area contributed by atoms with Gasteiger partial charge in [0, 0.05) is 17.1 Å². The molecular weight excluding hydrogens is 435 g/mol. The van der Waals surface area contributed by atoms with Gasteiger partial charge in [-0.3, -0.25) is 9.36 Å². The smallest absolute Gasteiger partial charge is 0.234 e. The van der Waals surface area contributed by atoms with Crippen LogP contribution in [0.3, 0.4) is 0 Å². The average Bonchev–Trinajstić information content (AvgIpc) is 3.18. The maximum atomic E-state index is 13.9. The topological polar surface area (TPSA) is 59.8 Å². The van der Waals surface area contributed by atoms with E-state index in [2.05, 4.69) is 15.5 Å². The van der Waals surface area contributed by atoms with Crippen LogP contribution in [0.1, 0.15) is 11.4 Å². The van der Waals surface area contributed by atoms with Gasteiger partial charge in [-0.05, 0) is 35.9 Å². The first-order valence-corrected chi connectivity index (χ1v) is 10.9. The summed E-state index contributed by atoms with van der Waals surface area (Å²) in [5, 5.41) is 12.1. The lowest BCUT2D eigenvalue weighted by molar-refractivity contribution is -0.113. The molecule has 0 aliphatic rings. The van der Waals surface area contributed by atoms with Crippen LogP contribution in [0.15, 0.2) is 84.0 Å². The number of hydrogen-bond acceptors (Lipinski definition) is 4. The van der Waals surface area contributed by atoms with E-state index in [0.717, 1.165) is 17.1 Å². The summed E-state index contributed by atoms with van der Waals surface area (Å²) in [5.74, 6) is -0.0950. The highest BCUT2D eigenvalue weighted by Crippen LogP contribution is 2.24. The van der Waals surface area contributed by atoms with E-state index in [1.807, 2.05) is 65.2 Å². The maximum Gasteiger partial charge on any atom is 0.234 e. The van der Waals surface area contributed by atoms with Crippen molar-refractivity contribution < 1.29 is 9.18 Å². The van der Waals surface area contributed by atoms with Gasteiger partial charge >= 0.3 is 0 Å². The van der Waals surface area contributed by atoms with Gasteiger partial charge in [-0.25, -0.2) is 4.39 Å². The fourth-order valence-electron chi connectivity index (χ4n) is 3.03. The van der Waals surface area contributed by atoms with Crippen LogP contribution in [0.25, 0.3) is 5.69 Å². The van der Waals surface area contributed by atoms with Crippen LogP contribution in [0.5, 0.6) is 0 Å². The quantitative estimate of drug-likeness (QED) is 0.382. The number of aromatic nitrogens is 3. The second-order valence-electron chi connectivity index (χ2n) is 6.69. The lowest BCUT2D eigenvalue weighted by Crippen LogP contribution is -2.15. The third-order valence-electron chi connectivity index (χ3n) is 4.45. The van der Waals surface area contributed by atoms with Crippen LogP contribution < -0.4 is 5.32 Å². The van der Waals surface area contributed by atoms with Crippen molar-refractivity contribution in [2.24, 2.45) is 0 Å². The maximum absolute atomic E-state index is 13.9. The molecule has 1 N–H and O–H groups in total. The normalized spacial score (nSPS) is 10.8. The molecule has 0 atom stereocenters. The first kappa shape index (κ1) is 21.1. The molecule has 0 aliphatic heterocycles. The second-order valence-corrected chi connectivity index (χ2v) is 8.07. The van der Waals surface area contributed by atoms with Gasteiger partial charge in [0.1, 0.15) is 11.6 Å². The number of amides is 1. The number of anilines is 1. The molecule has 1 amide bonds. The van der Waals surface area contributed by atoms with E-state index >= 15 is 0 Å². The first-order valence-electron chi connectivity index (χ1n) is 9.51. The SMILES string of the molecule is O=C(CSc1nnc(Cc2ccccc2)n1-c1ccccc1)Nc1cc(Cl)ccc1F.